The van der Waals surface area contributed by atoms with Crippen LogP contribution in [0.1, 0.15) is 54.6 Å². The standard InChI is InChI=1S/C27H31FN2O3.C3H7NO.C2H6/c1-17-13-20(28)6-7-21(17)27-22-16-26(25(32-4)15-19(22)9-11-30(27)2)33-12-10-18-5-8-24(31-3)23(29)14-18;1-2-4-3-5;1-2/h5-8,13-16,27H,9-12,29H2,1-4H3;3H,2H2,1H3,(H,4,5);1-2H3. The van der Waals surface area contributed by atoms with Crippen LogP contribution in [0.15, 0.2) is 48.5 Å². The monoisotopic (exact) mass is 553 g/mol. The van der Waals surface area contributed by atoms with Crippen molar-refractivity contribution in [2.75, 3.05) is 46.7 Å². The molecule has 0 saturated carbocycles. The Morgan fingerprint density at radius 3 is 2.33 bits per heavy atom. The summed E-state index contributed by atoms with van der Waals surface area (Å²) in [5.74, 6) is 1.88. The molecule has 0 saturated heterocycles. The molecule has 218 valence electrons. The van der Waals surface area contributed by atoms with Crippen molar-refractivity contribution >= 4 is 12.1 Å². The van der Waals surface area contributed by atoms with Crippen molar-refractivity contribution in [3.8, 4) is 17.2 Å². The number of nitrogens with one attached hydrogen (secondary N) is 1. The molecule has 0 aromatic heterocycles. The van der Waals surface area contributed by atoms with Crippen LogP contribution in [-0.2, 0) is 17.6 Å². The van der Waals surface area contributed by atoms with E-state index in [1.165, 1.54) is 17.2 Å². The number of nitrogen functional groups attached to an aromatic ring is 1. The highest BCUT2D eigenvalue weighted by Crippen LogP contribution is 2.41. The lowest BCUT2D eigenvalue weighted by molar-refractivity contribution is -0.109. The van der Waals surface area contributed by atoms with Crippen molar-refractivity contribution in [1.29, 1.82) is 0 Å². The highest BCUT2D eigenvalue weighted by Gasteiger charge is 2.29. The largest absolute Gasteiger partial charge is 0.495 e. The number of nitrogens with zero attached hydrogens (tertiary/aromatic N) is 1. The summed E-state index contributed by atoms with van der Waals surface area (Å²) in [7, 11) is 5.37. The number of methoxy groups -OCH3 is 2. The number of likely N-dealkylation sites (N-methyl/N-ethyl adjacent to an activating group) is 1. The second-order valence-electron chi connectivity index (χ2n) is 9.19. The molecule has 3 aromatic carbocycles. The van der Waals surface area contributed by atoms with Gasteiger partial charge in [0.05, 0.1) is 32.6 Å². The van der Waals surface area contributed by atoms with Gasteiger partial charge in [-0.05, 0) is 91.5 Å². The Bertz CT molecular complexity index is 1240. The maximum absolute atomic E-state index is 13.8. The molecular formula is C32H44FN3O4. The first kappa shape index (κ1) is 32.4. The van der Waals surface area contributed by atoms with Gasteiger partial charge in [0.15, 0.2) is 11.5 Å². The van der Waals surface area contributed by atoms with Gasteiger partial charge in [0.2, 0.25) is 6.41 Å². The second kappa shape index (κ2) is 16.4. The molecule has 1 unspecified atom stereocenters. The smallest absolute Gasteiger partial charge is 0.207 e. The van der Waals surface area contributed by atoms with E-state index in [1.807, 2.05) is 52.0 Å². The van der Waals surface area contributed by atoms with Gasteiger partial charge in [-0.25, -0.2) is 4.39 Å². The predicted molar refractivity (Wildman–Crippen MR) is 160 cm³/mol. The molecular weight excluding hydrogens is 509 g/mol. The summed E-state index contributed by atoms with van der Waals surface area (Å²) in [6.45, 7) is 9.95. The number of ether oxygens (including phenoxy) is 3. The third-order valence-corrected chi connectivity index (χ3v) is 6.65. The number of rotatable bonds is 9. The van der Waals surface area contributed by atoms with Crippen molar-refractivity contribution in [3.63, 3.8) is 0 Å². The first-order valence-electron chi connectivity index (χ1n) is 13.7. The molecule has 0 aliphatic carbocycles. The number of nitrogens with two attached hydrogens (primary N) is 1. The van der Waals surface area contributed by atoms with Gasteiger partial charge >= 0.3 is 0 Å². The van der Waals surface area contributed by atoms with Crippen molar-refractivity contribution in [2.45, 2.75) is 46.6 Å². The third kappa shape index (κ3) is 8.36. The number of carbonyl (C=O) groups excluding carboxylic acids is 1. The lowest BCUT2D eigenvalue weighted by Gasteiger charge is -2.36. The summed E-state index contributed by atoms with van der Waals surface area (Å²) >= 11 is 0. The van der Waals surface area contributed by atoms with E-state index in [1.54, 1.807) is 20.3 Å². The predicted octanol–water partition coefficient (Wildman–Crippen LogP) is 5.71. The number of hydrogen-bond acceptors (Lipinski definition) is 6. The fraction of sp³-hybridized carbons (Fsp3) is 0.406. The zero-order valence-electron chi connectivity index (χ0n) is 24.8. The first-order valence-corrected chi connectivity index (χ1v) is 13.7. The lowest BCUT2D eigenvalue weighted by Crippen LogP contribution is -2.33. The molecule has 1 atom stereocenters. The molecule has 3 aromatic rings. The van der Waals surface area contributed by atoms with Gasteiger partial charge in [0, 0.05) is 19.5 Å². The Morgan fingerprint density at radius 1 is 1.02 bits per heavy atom. The molecule has 8 heteroatoms. The minimum absolute atomic E-state index is 0.0315. The van der Waals surface area contributed by atoms with Gasteiger partial charge in [0.25, 0.3) is 0 Å². The maximum Gasteiger partial charge on any atom is 0.207 e. The molecule has 1 heterocycles. The summed E-state index contributed by atoms with van der Waals surface area (Å²) < 4.78 is 30.8. The molecule has 0 bridgehead atoms. The molecule has 3 N–H and O–H groups in total. The molecule has 40 heavy (non-hydrogen) atoms. The summed E-state index contributed by atoms with van der Waals surface area (Å²) in [4.78, 5) is 11.6. The Kier molecular flexibility index (Phi) is 13.3. The third-order valence-electron chi connectivity index (χ3n) is 6.65. The van der Waals surface area contributed by atoms with Gasteiger partial charge in [-0.2, -0.15) is 0 Å². The van der Waals surface area contributed by atoms with Crippen LogP contribution in [-0.4, -0.2) is 52.3 Å². The molecule has 0 spiro atoms. The highest BCUT2D eigenvalue weighted by molar-refractivity contribution is 5.55. The van der Waals surface area contributed by atoms with Crippen LogP contribution in [0.3, 0.4) is 0 Å². The van der Waals surface area contributed by atoms with E-state index < -0.39 is 0 Å². The van der Waals surface area contributed by atoms with Crippen LogP contribution in [0.25, 0.3) is 0 Å². The fourth-order valence-electron chi connectivity index (χ4n) is 4.68. The zero-order valence-corrected chi connectivity index (χ0v) is 24.8. The molecule has 1 amide bonds. The van der Waals surface area contributed by atoms with Crippen molar-refractivity contribution < 1.29 is 23.4 Å². The Hall–Kier alpha value is -3.78. The minimum atomic E-state index is -0.215. The number of benzene rings is 3. The normalized spacial score (nSPS) is 13.9. The van der Waals surface area contributed by atoms with Gasteiger partial charge in [-0.1, -0.05) is 26.0 Å². The lowest BCUT2D eigenvalue weighted by atomic mass is 9.86. The van der Waals surface area contributed by atoms with E-state index in [4.69, 9.17) is 19.9 Å². The Morgan fingerprint density at radius 2 is 1.75 bits per heavy atom. The molecule has 1 aliphatic rings. The van der Waals surface area contributed by atoms with Gasteiger partial charge < -0.3 is 25.3 Å². The van der Waals surface area contributed by atoms with Gasteiger partial charge in [-0.15, -0.1) is 0 Å². The summed E-state index contributed by atoms with van der Waals surface area (Å²) in [6.07, 6.45) is 2.30. The Labute approximate surface area is 238 Å². The maximum atomic E-state index is 13.8. The second-order valence-corrected chi connectivity index (χ2v) is 9.19. The number of carbonyl (C=O) groups is 1. The van der Waals surface area contributed by atoms with Crippen LogP contribution in [0, 0.1) is 12.7 Å². The van der Waals surface area contributed by atoms with Crippen LogP contribution in [0.5, 0.6) is 17.2 Å². The number of anilines is 1. The molecule has 0 fully saturated rings. The molecule has 0 radical (unpaired) electrons. The average Bonchev–Trinajstić information content (AvgIpc) is 2.95. The van der Waals surface area contributed by atoms with Crippen LogP contribution < -0.4 is 25.3 Å². The number of amides is 1. The summed E-state index contributed by atoms with van der Waals surface area (Å²) in [5, 5.41) is 2.43. The number of aryl methyl sites for hydroxylation is 1. The fourth-order valence-corrected chi connectivity index (χ4v) is 4.68. The van der Waals surface area contributed by atoms with Gasteiger partial charge in [0.1, 0.15) is 11.6 Å². The SMILES string of the molecule is CC.CCNC=O.COc1ccc(CCOc2cc3c(cc2OC)CCN(C)C3c2ccc(F)cc2C)cc1N. The van der Waals surface area contributed by atoms with Crippen molar-refractivity contribution in [1.82, 2.24) is 10.2 Å². The number of hydrogen-bond donors (Lipinski definition) is 2. The Balaban J connectivity index is 0.000000722. The topological polar surface area (TPSA) is 86.1 Å². The zero-order chi connectivity index (χ0) is 29.7. The van der Waals surface area contributed by atoms with E-state index in [0.29, 0.717) is 36.6 Å². The quantitative estimate of drug-likeness (QED) is 0.261. The van der Waals surface area contributed by atoms with Crippen LogP contribution >= 0.6 is 0 Å². The summed E-state index contributed by atoms with van der Waals surface area (Å²) in [5.41, 5.74) is 12.2. The molecule has 7 nitrogen and oxygen atoms in total. The van der Waals surface area contributed by atoms with E-state index in [9.17, 15) is 9.18 Å². The van der Waals surface area contributed by atoms with E-state index in [-0.39, 0.29) is 11.9 Å². The summed E-state index contributed by atoms with van der Waals surface area (Å²) in [6, 6.07) is 15.0. The number of fused-ring (bicyclic) bond motifs is 1. The average molecular weight is 554 g/mol. The van der Waals surface area contributed by atoms with Gasteiger partial charge in [-0.3, -0.25) is 9.69 Å². The molecule has 4 rings (SSSR count). The van der Waals surface area contributed by atoms with E-state index >= 15 is 0 Å². The van der Waals surface area contributed by atoms with E-state index in [0.717, 1.165) is 42.0 Å². The van der Waals surface area contributed by atoms with Crippen molar-refractivity contribution in [3.05, 3.63) is 82.2 Å². The highest BCUT2D eigenvalue weighted by atomic mass is 19.1. The van der Waals surface area contributed by atoms with Crippen molar-refractivity contribution in [2.24, 2.45) is 0 Å². The number of halogens is 1. The van der Waals surface area contributed by atoms with Crippen LogP contribution in [0.2, 0.25) is 0 Å². The molecule has 1 aliphatic heterocycles. The van der Waals surface area contributed by atoms with E-state index in [2.05, 4.69) is 29.4 Å². The first-order chi connectivity index (χ1) is 19.3. The van der Waals surface area contributed by atoms with Crippen LogP contribution in [0.4, 0.5) is 10.1 Å². The minimum Gasteiger partial charge on any atom is -0.495 e.